The van der Waals surface area contributed by atoms with Crippen molar-refractivity contribution < 1.29 is 9.53 Å². The number of carbonyl (C=O) groups is 1. The molecule has 1 aliphatic heterocycles. The summed E-state index contributed by atoms with van der Waals surface area (Å²) in [5.41, 5.74) is 5.50. The number of amides is 1. The first-order valence-corrected chi connectivity index (χ1v) is 6.92. The van der Waals surface area contributed by atoms with Gasteiger partial charge in [0.1, 0.15) is 0 Å². The molecule has 0 aromatic heterocycles. The van der Waals surface area contributed by atoms with Gasteiger partial charge in [-0.05, 0) is 25.7 Å². The van der Waals surface area contributed by atoms with Gasteiger partial charge in [-0.3, -0.25) is 4.79 Å². The van der Waals surface area contributed by atoms with E-state index in [0.29, 0.717) is 19.0 Å². The maximum absolute atomic E-state index is 12.1. The average molecular weight is 240 g/mol. The summed E-state index contributed by atoms with van der Waals surface area (Å²) in [6.45, 7) is 2.09. The second-order valence-electron chi connectivity index (χ2n) is 5.16. The van der Waals surface area contributed by atoms with Gasteiger partial charge in [0.25, 0.3) is 0 Å². The summed E-state index contributed by atoms with van der Waals surface area (Å²) >= 11 is 0. The monoisotopic (exact) mass is 240 g/mol. The van der Waals surface area contributed by atoms with Crippen LogP contribution >= 0.6 is 0 Å². The predicted molar refractivity (Wildman–Crippen MR) is 66.6 cm³/mol. The van der Waals surface area contributed by atoms with E-state index >= 15 is 0 Å². The number of hydrogen-bond donors (Lipinski definition) is 1. The first-order chi connectivity index (χ1) is 8.31. The van der Waals surface area contributed by atoms with Gasteiger partial charge in [0.2, 0.25) is 5.91 Å². The van der Waals surface area contributed by atoms with E-state index < -0.39 is 0 Å². The van der Waals surface area contributed by atoms with Crippen LogP contribution in [0.3, 0.4) is 0 Å². The number of nitrogens with two attached hydrogens (primary N) is 1. The maximum atomic E-state index is 12.1. The molecule has 0 spiro atoms. The molecule has 4 heteroatoms. The van der Waals surface area contributed by atoms with Crippen LogP contribution < -0.4 is 5.73 Å². The molecule has 2 aliphatic rings. The van der Waals surface area contributed by atoms with Crippen molar-refractivity contribution in [1.29, 1.82) is 0 Å². The molecule has 2 fully saturated rings. The Hall–Kier alpha value is -0.610. The van der Waals surface area contributed by atoms with Crippen molar-refractivity contribution in [2.45, 2.75) is 57.1 Å². The molecule has 0 aromatic rings. The average Bonchev–Trinajstić information content (AvgIpc) is 2.99. The van der Waals surface area contributed by atoms with Crippen LogP contribution in [0.1, 0.15) is 44.9 Å². The molecular formula is C13H24N2O2. The number of ether oxygens (including phenoxy) is 1. The highest BCUT2D eigenvalue weighted by Crippen LogP contribution is 2.25. The van der Waals surface area contributed by atoms with Crippen LogP contribution in [0.2, 0.25) is 0 Å². The molecule has 98 valence electrons. The van der Waals surface area contributed by atoms with E-state index in [1.165, 1.54) is 12.8 Å². The Bertz CT molecular complexity index is 246. The lowest BCUT2D eigenvalue weighted by molar-refractivity contribution is -0.135. The van der Waals surface area contributed by atoms with Crippen molar-refractivity contribution in [3.63, 3.8) is 0 Å². The molecule has 0 bridgehead atoms. The first-order valence-electron chi connectivity index (χ1n) is 6.92. The largest absolute Gasteiger partial charge is 0.376 e. The Morgan fingerprint density at radius 3 is 2.59 bits per heavy atom. The molecule has 2 rings (SSSR count). The Kier molecular flexibility index (Phi) is 4.80. The summed E-state index contributed by atoms with van der Waals surface area (Å²) < 4.78 is 5.65. The summed E-state index contributed by atoms with van der Waals surface area (Å²) in [6, 6.07) is 0.443. The minimum atomic E-state index is 0.218. The van der Waals surface area contributed by atoms with E-state index in [1.54, 1.807) is 0 Å². The smallest absolute Gasteiger partial charge is 0.224 e. The number of hydrogen-bond acceptors (Lipinski definition) is 3. The lowest BCUT2D eigenvalue weighted by atomic mass is 10.1. The van der Waals surface area contributed by atoms with Gasteiger partial charge in [0.15, 0.2) is 0 Å². The molecule has 4 nitrogen and oxygen atoms in total. The highest BCUT2D eigenvalue weighted by atomic mass is 16.5. The first kappa shape index (κ1) is 12.8. The van der Waals surface area contributed by atoms with Gasteiger partial charge in [-0.15, -0.1) is 0 Å². The van der Waals surface area contributed by atoms with Crippen LogP contribution in [0.5, 0.6) is 0 Å². The van der Waals surface area contributed by atoms with Gasteiger partial charge < -0.3 is 15.4 Å². The van der Waals surface area contributed by atoms with E-state index in [1.807, 2.05) is 0 Å². The van der Waals surface area contributed by atoms with Crippen LogP contribution in [0.25, 0.3) is 0 Å². The summed E-state index contributed by atoms with van der Waals surface area (Å²) in [5.74, 6) is 0.218. The molecule has 1 saturated heterocycles. The Morgan fingerprint density at radius 2 is 2.00 bits per heavy atom. The summed E-state index contributed by atoms with van der Waals surface area (Å²) in [7, 11) is 0. The minimum absolute atomic E-state index is 0.218. The van der Waals surface area contributed by atoms with Crippen LogP contribution in [0, 0.1) is 0 Å². The van der Waals surface area contributed by atoms with Crippen molar-refractivity contribution in [3.05, 3.63) is 0 Å². The molecule has 0 radical (unpaired) electrons. The standard InChI is InChI=1S/C13H24N2O2/c14-8-7-13(16)15(11-4-1-2-5-11)10-12-6-3-9-17-12/h11-12H,1-10,14H2. The molecule has 2 N–H and O–H groups in total. The molecule has 1 atom stereocenters. The normalized spacial score (nSPS) is 25.4. The van der Waals surface area contributed by atoms with Crippen molar-refractivity contribution in [2.75, 3.05) is 19.7 Å². The quantitative estimate of drug-likeness (QED) is 0.787. The van der Waals surface area contributed by atoms with E-state index in [4.69, 9.17) is 10.5 Å². The van der Waals surface area contributed by atoms with E-state index in [0.717, 1.165) is 38.8 Å². The summed E-state index contributed by atoms with van der Waals surface area (Å²) in [5, 5.41) is 0. The Balaban J connectivity index is 1.92. The van der Waals surface area contributed by atoms with Crippen LogP contribution in [-0.2, 0) is 9.53 Å². The zero-order chi connectivity index (χ0) is 12.1. The second-order valence-corrected chi connectivity index (χ2v) is 5.16. The molecule has 1 aliphatic carbocycles. The second kappa shape index (κ2) is 6.36. The van der Waals surface area contributed by atoms with Crippen molar-refractivity contribution in [3.8, 4) is 0 Å². The van der Waals surface area contributed by atoms with Gasteiger partial charge in [-0.2, -0.15) is 0 Å². The molecule has 1 heterocycles. The van der Waals surface area contributed by atoms with Crippen molar-refractivity contribution in [1.82, 2.24) is 4.90 Å². The zero-order valence-electron chi connectivity index (χ0n) is 10.6. The number of carbonyl (C=O) groups excluding carboxylic acids is 1. The van der Waals surface area contributed by atoms with Crippen LogP contribution in [0.15, 0.2) is 0 Å². The molecule has 1 amide bonds. The fourth-order valence-corrected chi connectivity index (χ4v) is 2.95. The summed E-state index contributed by atoms with van der Waals surface area (Å²) in [4.78, 5) is 14.2. The predicted octanol–water partition coefficient (Wildman–Crippen LogP) is 1.29. The van der Waals surface area contributed by atoms with Gasteiger partial charge in [-0.1, -0.05) is 12.8 Å². The molecule has 1 unspecified atom stereocenters. The molecule has 17 heavy (non-hydrogen) atoms. The third-order valence-electron chi connectivity index (χ3n) is 3.87. The molecule has 1 saturated carbocycles. The van der Waals surface area contributed by atoms with Crippen molar-refractivity contribution >= 4 is 5.91 Å². The third kappa shape index (κ3) is 3.42. The topological polar surface area (TPSA) is 55.6 Å². The van der Waals surface area contributed by atoms with Gasteiger partial charge >= 0.3 is 0 Å². The highest BCUT2D eigenvalue weighted by molar-refractivity contribution is 5.76. The van der Waals surface area contributed by atoms with Gasteiger partial charge in [0, 0.05) is 32.2 Å². The highest BCUT2D eigenvalue weighted by Gasteiger charge is 2.29. The Morgan fingerprint density at radius 1 is 1.24 bits per heavy atom. The van der Waals surface area contributed by atoms with E-state index in [2.05, 4.69) is 4.90 Å². The minimum Gasteiger partial charge on any atom is -0.376 e. The lowest BCUT2D eigenvalue weighted by Crippen LogP contribution is -2.44. The summed E-state index contributed by atoms with van der Waals surface area (Å²) in [6.07, 6.45) is 7.78. The molecular weight excluding hydrogens is 216 g/mol. The maximum Gasteiger partial charge on any atom is 0.224 e. The number of nitrogens with zero attached hydrogens (tertiary/aromatic N) is 1. The SMILES string of the molecule is NCCC(=O)N(CC1CCCO1)C1CCCC1. The Labute approximate surface area is 103 Å². The van der Waals surface area contributed by atoms with E-state index in [9.17, 15) is 4.79 Å². The third-order valence-corrected chi connectivity index (χ3v) is 3.87. The zero-order valence-corrected chi connectivity index (χ0v) is 10.6. The van der Waals surface area contributed by atoms with Crippen LogP contribution in [-0.4, -0.2) is 42.6 Å². The fourth-order valence-electron chi connectivity index (χ4n) is 2.95. The lowest BCUT2D eigenvalue weighted by Gasteiger charge is -2.31. The number of rotatable bonds is 5. The van der Waals surface area contributed by atoms with Gasteiger partial charge in [-0.25, -0.2) is 0 Å². The van der Waals surface area contributed by atoms with E-state index in [-0.39, 0.29) is 12.0 Å². The van der Waals surface area contributed by atoms with Crippen LogP contribution in [0.4, 0.5) is 0 Å². The van der Waals surface area contributed by atoms with Crippen molar-refractivity contribution in [2.24, 2.45) is 5.73 Å². The van der Waals surface area contributed by atoms with Gasteiger partial charge in [0.05, 0.1) is 6.10 Å². The fraction of sp³-hybridized carbons (Fsp3) is 0.923. The molecule has 0 aromatic carbocycles.